The molecule has 0 atom stereocenters. The number of ketones is 1. The second kappa shape index (κ2) is 9.13. The molecular formula is C19H18BrNO4. The summed E-state index contributed by atoms with van der Waals surface area (Å²) < 4.78 is 5.43. The number of nitrogens with one attached hydrogen (secondary N) is 1. The van der Waals surface area contributed by atoms with Gasteiger partial charge in [0.05, 0.1) is 12.7 Å². The largest absolute Gasteiger partial charge is 0.469 e. The van der Waals surface area contributed by atoms with E-state index in [0.29, 0.717) is 29.7 Å². The molecule has 0 bridgehead atoms. The monoisotopic (exact) mass is 403 g/mol. The van der Waals surface area contributed by atoms with Gasteiger partial charge in [-0.1, -0.05) is 34.1 Å². The molecule has 25 heavy (non-hydrogen) atoms. The third-order valence-electron chi connectivity index (χ3n) is 3.59. The maximum atomic E-state index is 12.7. The molecule has 0 heterocycles. The van der Waals surface area contributed by atoms with Crippen LogP contribution in [0.15, 0.2) is 53.0 Å². The minimum Gasteiger partial charge on any atom is -0.469 e. The number of hydrogen-bond donors (Lipinski definition) is 1. The Bertz CT molecular complexity index is 771. The molecule has 0 aliphatic rings. The van der Waals surface area contributed by atoms with Crippen molar-refractivity contribution in [2.24, 2.45) is 0 Å². The standard InChI is InChI=1S/C19H18BrNO4/c1-25-17(22)7-4-12-21-19(24)16-6-3-2-5-15(16)18(23)13-8-10-14(20)11-9-13/h2-3,5-6,8-11H,4,7,12H2,1H3,(H,21,24). The van der Waals surface area contributed by atoms with E-state index < -0.39 is 0 Å². The van der Waals surface area contributed by atoms with E-state index in [0.717, 1.165) is 4.47 Å². The number of amides is 1. The minimum absolute atomic E-state index is 0.215. The summed E-state index contributed by atoms with van der Waals surface area (Å²) in [4.78, 5) is 36.1. The van der Waals surface area contributed by atoms with Crippen LogP contribution in [-0.4, -0.2) is 31.3 Å². The molecule has 6 heteroatoms. The van der Waals surface area contributed by atoms with Gasteiger partial charge in [-0.2, -0.15) is 0 Å². The lowest BCUT2D eigenvalue weighted by atomic mass is 9.98. The van der Waals surface area contributed by atoms with Crippen molar-refractivity contribution in [2.45, 2.75) is 12.8 Å². The van der Waals surface area contributed by atoms with E-state index in [-0.39, 0.29) is 24.1 Å². The molecule has 0 saturated heterocycles. The van der Waals surface area contributed by atoms with Crippen LogP contribution in [0.2, 0.25) is 0 Å². The molecule has 5 nitrogen and oxygen atoms in total. The molecule has 2 aromatic rings. The van der Waals surface area contributed by atoms with Crippen LogP contribution in [-0.2, 0) is 9.53 Å². The fourth-order valence-corrected chi connectivity index (χ4v) is 2.53. The van der Waals surface area contributed by atoms with Gasteiger partial charge < -0.3 is 10.1 Å². The number of esters is 1. The van der Waals surface area contributed by atoms with Gasteiger partial charge in [-0.05, 0) is 36.8 Å². The van der Waals surface area contributed by atoms with Gasteiger partial charge in [0.25, 0.3) is 5.91 Å². The van der Waals surface area contributed by atoms with Crippen LogP contribution in [0.25, 0.3) is 0 Å². The Kier molecular flexibility index (Phi) is 6.89. The molecule has 0 spiro atoms. The van der Waals surface area contributed by atoms with E-state index in [4.69, 9.17) is 0 Å². The minimum atomic E-state index is -0.342. The van der Waals surface area contributed by atoms with E-state index in [9.17, 15) is 14.4 Å². The zero-order valence-corrected chi connectivity index (χ0v) is 15.3. The van der Waals surface area contributed by atoms with Crippen LogP contribution in [0.4, 0.5) is 0 Å². The van der Waals surface area contributed by atoms with E-state index in [2.05, 4.69) is 26.0 Å². The lowest BCUT2D eigenvalue weighted by Crippen LogP contribution is -2.26. The number of ether oxygens (including phenoxy) is 1. The van der Waals surface area contributed by atoms with Crippen LogP contribution in [0.1, 0.15) is 39.1 Å². The van der Waals surface area contributed by atoms with E-state index in [1.54, 1.807) is 48.5 Å². The molecule has 2 rings (SSSR count). The van der Waals surface area contributed by atoms with Crippen LogP contribution < -0.4 is 5.32 Å². The van der Waals surface area contributed by atoms with Gasteiger partial charge in [-0.15, -0.1) is 0 Å². The number of halogens is 1. The molecule has 2 aromatic carbocycles. The molecule has 1 N–H and O–H groups in total. The SMILES string of the molecule is COC(=O)CCCNC(=O)c1ccccc1C(=O)c1ccc(Br)cc1. The van der Waals surface area contributed by atoms with E-state index in [1.165, 1.54) is 7.11 Å². The topological polar surface area (TPSA) is 72.5 Å². The van der Waals surface area contributed by atoms with Gasteiger partial charge in [-0.3, -0.25) is 14.4 Å². The average molecular weight is 404 g/mol. The summed E-state index contributed by atoms with van der Waals surface area (Å²) in [5.41, 5.74) is 1.16. The highest BCUT2D eigenvalue weighted by Gasteiger charge is 2.17. The fraction of sp³-hybridized carbons (Fsp3) is 0.211. The van der Waals surface area contributed by atoms with Gasteiger partial charge in [0, 0.05) is 28.6 Å². The quantitative estimate of drug-likeness (QED) is 0.437. The lowest BCUT2D eigenvalue weighted by Gasteiger charge is -2.09. The van der Waals surface area contributed by atoms with Crippen molar-refractivity contribution in [2.75, 3.05) is 13.7 Å². The number of benzene rings is 2. The van der Waals surface area contributed by atoms with Crippen molar-refractivity contribution in [1.82, 2.24) is 5.32 Å². The first kappa shape index (κ1) is 18.9. The van der Waals surface area contributed by atoms with Crippen molar-refractivity contribution in [3.63, 3.8) is 0 Å². The molecule has 0 unspecified atom stereocenters. The third-order valence-corrected chi connectivity index (χ3v) is 4.12. The molecule has 1 amide bonds. The maximum Gasteiger partial charge on any atom is 0.305 e. The van der Waals surface area contributed by atoms with E-state index >= 15 is 0 Å². The Hall–Kier alpha value is -2.47. The van der Waals surface area contributed by atoms with Gasteiger partial charge >= 0.3 is 5.97 Å². The van der Waals surface area contributed by atoms with Gasteiger partial charge in [-0.25, -0.2) is 0 Å². The Labute approximate surface area is 154 Å². The van der Waals surface area contributed by atoms with Crippen LogP contribution in [0.5, 0.6) is 0 Å². The highest BCUT2D eigenvalue weighted by molar-refractivity contribution is 9.10. The van der Waals surface area contributed by atoms with Gasteiger partial charge in [0.15, 0.2) is 5.78 Å². The fourth-order valence-electron chi connectivity index (χ4n) is 2.27. The summed E-state index contributed by atoms with van der Waals surface area (Å²) in [6.07, 6.45) is 0.706. The van der Waals surface area contributed by atoms with Crippen molar-refractivity contribution >= 4 is 33.6 Å². The summed E-state index contributed by atoms with van der Waals surface area (Å²) in [6.45, 7) is 0.328. The molecule has 0 fully saturated rings. The second-order valence-corrected chi connectivity index (χ2v) is 6.23. The average Bonchev–Trinajstić information content (AvgIpc) is 2.64. The number of rotatable bonds is 7. The summed E-state index contributed by atoms with van der Waals surface area (Å²) in [5.74, 6) is -0.876. The Morgan fingerprint density at radius 2 is 1.64 bits per heavy atom. The number of carbonyl (C=O) groups is 3. The molecule has 0 aromatic heterocycles. The Morgan fingerprint density at radius 1 is 1.00 bits per heavy atom. The highest BCUT2D eigenvalue weighted by Crippen LogP contribution is 2.17. The zero-order chi connectivity index (χ0) is 18.2. The summed E-state index contributed by atoms with van der Waals surface area (Å²) in [5, 5.41) is 2.73. The Balaban J connectivity index is 2.09. The molecule has 0 radical (unpaired) electrons. The summed E-state index contributed by atoms with van der Waals surface area (Å²) >= 11 is 3.33. The van der Waals surface area contributed by atoms with Crippen LogP contribution >= 0.6 is 15.9 Å². The Morgan fingerprint density at radius 3 is 2.28 bits per heavy atom. The van der Waals surface area contributed by atoms with Crippen LogP contribution in [0.3, 0.4) is 0 Å². The van der Waals surface area contributed by atoms with Gasteiger partial charge in [0.1, 0.15) is 0 Å². The number of methoxy groups -OCH3 is 1. The third kappa shape index (κ3) is 5.26. The first-order valence-corrected chi connectivity index (χ1v) is 8.56. The predicted molar refractivity (Wildman–Crippen MR) is 97.6 cm³/mol. The van der Waals surface area contributed by atoms with Crippen LogP contribution in [0, 0.1) is 0 Å². The normalized spacial score (nSPS) is 10.2. The first-order valence-electron chi connectivity index (χ1n) is 7.77. The van der Waals surface area contributed by atoms with Crippen molar-refractivity contribution < 1.29 is 19.1 Å². The smallest absolute Gasteiger partial charge is 0.305 e. The second-order valence-electron chi connectivity index (χ2n) is 5.32. The highest BCUT2D eigenvalue weighted by atomic mass is 79.9. The molecule has 0 aliphatic carbocycles. The number of carbonyl (C=O) groups excluding carboxylic acids is 3. The summed E-state index contributed by atoms with van der Waals surface area (Å²) in [6, 6.07) is 13.7. The zero-order valence-electron chi connectivity index (χ0n) is 13.8. The van der Waals surface area contributed by atoms with Crippen molar-refractivity contribution in [3.05, 3.63) is 69.7 Å². The van der Waals surface area contributed by atoms with Gasteiger partial charge in [0.2, 0.25) is 0 Å². The molecule has 0 aliphatic heterocycles. The molecule has 130 valence electrons. The van der Waals surface area contributed by atoms with E-state index in [1.807, 2.05) is 0 Å². The predicted octanol–water partition coefficient (Wildman–Crippen LogP) is 3.36. The molecular weight excluding hydrogens is 386 g/mol. The number of hydrogen-bond acceptors (Lipinski definition) is 4. The van der Waals surface area contributed by atoms with Crippen molar-refractivity contribution in [3.8, 4) is 0 Å². The van der Waals surface area contributed by atoms with Crippen molar-refractivity contribution in [1.29, 1.82) is 0 Å². The lowest BCUT2D eigenvalue weighted by molar-refractivity contribution is -0.140. The summed E-state index contributed by atoms with van der Waals surface area (Å²) in [7, 11) is 1.32. The molecule has 0 saturated carbocycles. The maximum absolute atomic E-state index is 12.7. The first-order chi connectivity index (χ1) is 12.0.